The van der Waals surface area contributed by atoms with Crippen molar-refractivity contribution >= 4 is 5.97 Å². The lowest BCUT2D eigenvalue weighted by molar-refractivity contribution is 0.0200. The van der Waals surface area contributed by atoms with Gasteiger partial charge in [-0.3, -0.25) is 0 Å². The molecule has 2 aromatic carbocycles. The molecule has 2 unspecified atom stereocenters. The molecule has 2 aromatic rings. The van der Waals surface area contributed by atoms with E-state index in [1.165, 1.54) is 11.1 Å². The van der Waals surface area contributed by atoms with Gasteiger partial charge in [0.25, 0.3) is 0 Å². The second-order valence-electron chi connectivity index (χ2n) is 6.59. The first kappa shape index (κ1) is 15.8. The van der Waals surface area contributed by atoms with Crippen molar-refractivity contribution in [3.8, 4) is 0 Å². The van der Waals surface area contributed by atoms with Crippen molar-refractivity contribution in [1.82, 2.24) is 0 Å². The highest BCUT2D eigenvalue weighted by atomic mass is 16.5. The van der Waals surface area contributed by atoms with Crippen molar-refractivity contribution in [3.05, 3.63) is 70.3 Å². The predicted octanol–water partition coefficient (Wildman–Crippen LogP) is 4.83. The van der Waals surface area contributed by atoms with Gasteiger partial charge in [-0.2, -0.15) is 0 Å². The third-order valence-corrected chi connectivity index (χ3v) is 4.77. The minimum absolute atomic E-state index is 0.0882. The Balaban J connectivity index is 1.79. The average molecular weight is 308 g/mol. The lowest BCUT2D eigenvalue weighted by Gasteiger charge is -2.29. The minimum atomic E-state index is -0.186. The van der Waals surface area contributed by atoms with Crippen LogP contribution in [-0.4, -0.2) is 12.1 Å². The maximum absolute atomic E-state index is 12.3. The van der Waals surface area contributed by atoms with Gasteiger partial charge in [-0.1, -0.05) is 62.2 Å². The zero-order valence-electron chi connectivity index (χ0n) is 14.1. The molecule has 1 aliphatic heterocycles. The molecule has 0 aromatic heterocycles. The standard InChI is InChI=1S/C21H24O2/c1-4-5-16-7-10-17(11-8-16)15(3)20-13-18-9-6-14(2)12-19(18)21(22)23-20/h6-12,15,20H,4-5,13H2,1-3H3. The van der Waals surface area contributed by atoms with E-state index in [1.807, 2.05) is 13.0 Å². The summed E-state index contributed by atoms with van der Waals surface area (Å²) in [4.78, 5) is 12.3. The fourth-order valence-electron chi connectivity index (χ4n) is 3.29. The number of hydrogen-bond donors (Lipinski definition) is 0. The number of rotatable bonds is 4. The number of carbonyl (C=O) groups is 1. The Bertz CT molecular complexity index is 700. The van der Waals surface area contributed by atoms with Gasteiger partial charge in [0, 0.05) is 12.3 Å². The molecule has 120 valence electrons. The number of hydrogen-bond acceptors (Lipinski definition) is 2. The Kier molecular flexibility index (Phi) is 4.51. The summed E-state index contributed by atoms with van der Waals surface area (Å²) in [6.07, 6.45) is 2.97. The van der Waals surface area contributed by atoms with Crippen molar-refractivity contribution in [2.45, 2.75) is 52.1 Å². The summed E-state index contributed by atoms with van der Waals surface area (Å²) in [7, 11) is 0. The summed E-state index contributed by atoms with van der Waals surface area (Å²) in [5.41, 5.74) is 5.53. The molecular formula is C21H24O2. The number of esters is 1. The zero-order chi connectivity index (χ0) is 16.4. The molecule has 2 nitrogen and oxygen atoms in total. The number of carbonyl (C=O) groups excluding carboxylic acids is 1. The predicted molar refractivity (Wildman–Crippen MR) is 92.9 cm³/mol. The molecule has 23 heavy (non-hydrogen) atoms. The Morgan fingerprint density at radius 2 is 1.91 bits per heavy atom. The van der Waals surface area contributed by atoms with E-state index in [0.29, 0.717) is 0 Å². The lowest BCUT2D eigenvalue weighted by Crippen LogP contribution is -2.31. The van der Waals surface area contributed by atoms with E-state index >= 15 is 0 Å². The topological polar surface area (TPSA) is 26.3 Å². The SMILES string of the molecule is CCCc1ccc(C(C)C2Cc3ccc(C)cc3C(=O)O2)cc1. The van der Waals surface area contributed by atoms with Crippen LogP contribution in [0.15, 0.2) is 42.5 Å². The summed E-state index contributed by atoms with van der Waals surface area (Å²) in [6, 6.07) is 14.8. The number of ether oxygens (including phenoxy) is 1. The van der Waals surface area contributed by atoms with E-state index in [9.17, 15) is 4.79 Å². The molecule has 0 amide bonds. The van der Waals surface area contributed by atoms with Crippen LogP contribution in [0.3, 0.4) is 0 Å². The van der Waals surface area contributed by atoms with Gasteiger partial charge in [0.1, 0.15) is 6.10 Å². The molecule has 0 bridgehead atoms. The third-order valence-electron chi connectivity index (χ3n) is 4.77. The maximum Gasteiger partial charge on any atom is 0.338 e. The van der Waals surface area contributed by atoms with Crippen LogP contribution >= 0.6 is 0 Å². The van der Waals surface area contributed by atoms with E-state index in [0.717, 1.165) is 36.0 Å². The molecule has 0 N–H and O–H groups in total. The molecule has 2 atom stereocenters. The van der Waals surface area contributed by atoms with Crippen LogP contribution in [-0.2, 0) is 17.6 Å². The van der Waals surface area contributed by atoms with Gasteiger partial charge in [0.15, 0.2) is 0 Å². The second-order valence-corrected chi connectivity index (χ2v) is 6.59. The van der Waals surface area contributed by atoms with E-state index in [-0.39, 0.29) is 18.0 Å². The van der Waals surface area contributed by atoms with Gasteiger partial charge in [-0.15, -0.1) is 0 Å². The molecule has 0 spiro atoms. The van der Waals surface area contributed by atoms with E-state index < -0.39 is 0 Å². The third kappa shape index (κ3) is 3.31. The summed E-state index contributed by atoms with van der Waals surface area (Å²) < 4.78 is 5.72. The van der Waals surface area contributed by atoms with Gasteiger partial charge in [-0.25, -0.2) is 4.79 Å². The van der Waals surface area contributed by atoms with Gasteiger partial charge in [0.2, 0.25) is 0 Å². The van der Waals surface area contributed by atoms with Crippen LogP contribution in [0, 0.1) is 6.92 Å². The van der Waals surface area contributed by atoms with Crippen molar-refractivity contribution in [2.24, 2.45) is 0 Å². The first-order valence-corrected chi connectivity index (χ1v) is 8.48. The van der Waals surface area contributed by atoms with Crippen LogP contribution in [0.5, 0.6) is 0 Å². The van der Waals surface area contributed by atoms with E-state index in [1.54, 1.807) is 0 Å². The van der Waals surface area contributed by atoms with Crippen LogP contribution in [0.1, 0.15) is 58.8 Å². The molecule has 0 radical (unpaired) electrons. The molecule has 0 fully saturated rings. The van der Waals surface area contributed by atoms with Gasteiger partial charge < -0.3 is 4.74 Å². The van der Waals surface area contributed by atoms with Crippen LogP contribution in [0.25, 0.3) is 0 Å². The molecule has 0 saturated carbocycles. The molecule has 2 heteroatoms. The van der Waals surface area contributed by atoms with Crippen LogP contribution in [0.2, 0.25) is 0 Å². The molecular weight excluding hydrogens is 284 g/mol. The highest BCUT2D eigenvalue weighted by Crippen LogP contribution is 2.30. The largest absolute Gasteiger partial charge is 0.458 e. The van der Waals surface area contributed by atoms with Gasteiger partial charge in [0.05, 0.1) is 5.56 Å². The Hall–Kier alpha value is -2.09. The summed E-state index contributed by atoms with van der Waals surface area (Å²) in [5.74, 6) is 0.0125. The van der Waals surface area contributed by atoms with Gasteiger partial charge in [-0.05, 0) is 36.1 Å². The monoisotopic (exact) mass is 308 g/mol. The normalized spacial score (nSPS) is 18.2. The van der Waals surface area contributed by atoms with Crippen molar-refractivity contribution < 1.29 is 9.53 Å². The fourth-order valence-corrected chi connectivity index (χ4v) is 3.29. The molecule has 0 aliphatic carbocycles. The summed E-state index contributed by atoms with van der Waals surface area (Å²) in [5, 5.41) is 0. The second kappa shape index (κ2) is 6.57. The maximum atomic E-state index is 12.3. The molecule has 3 rings (SSSR count). The fraction of sp³-hybridized carbons (Fsp3) is 0.381. The van der Waals surface area contributed by atoms with Crippen LogP contribution in [0.4, 0.5) is 0 Å². The number of benzene rings is 2. The smallest absolute Gasteiger partial charge is 0.338 e. The Morgan fingerprint density at radius 3 is 2.61 bits per heavy atom. The van der Waals surface area contributed by atoms with E-state index in [2.05, 4.69) is 50.2 Å². The van der Waals surface area contributed by atoms with Crippen LogP contribution < -0.4 is 0 Å². The van der Waals surface area contributed by atoms with E-state index in [4.69, 9.17) is 4.74 Å². The van der Waals surface area contributed by atoms with Crippen molar-refractivity contribution in [2.75, 3.05) is 0 Å². The Morgan fingerprint density at radius 1 is 1.17 bits per heavy atom. The summed E-state index contributed by atoms with van der Waals surface area (Å²) >= 11 is 0. The molecule has 0 saturated heterocycles. The van der Waals surface area contributed by atoms with Gasteiger partial charge >= 0.3 is 5.97 Å². The van der Waals surface area contributed by atoms with Crippen molar-refractivity contribution in [3.63, 3.8) is 0 Å². The number of aryl methyl sites for hydroxylation is 2. The molecule has 1 aliphatic rings. The Labute approximate surface area is 138 Å². The quantitative estimate of drug-likeness (QED) is 0.756. The van der Waals surface area contributed by atoms with Crippen molar-refractivity contribution in [1.29, 1.82) is 0 Å². The summed E-state index contributed by atoms with van der Waals surface area (Å²) in [6.45, 7) is 6.34. The minimum Gasteiger partial charge on any atom is -0.458 e. The highest BCUT2D eigenvalue weighted by molar-refractivity contribution is 5.92. The first-order chi connectivity index (χ1) is 11.1. The lowest BCUT2D eigenvalue weighted by atomic mass is 9.87. The zero-order valence-corrected chi connectivity index (χ0v) is 14.1. The number of fused-ring (bicyclic) bond motifs is 1. The average Bonchev–Trinajstić information content (AvgIpc) is 2.56. The highest BCUT2D eigenvalue weighted by Gasteiger charge is 2.30. The number of cyclic esters (lactones) is 1. The molecule has 1 heterocycles. The first-order valence-electron chi connectivity index (χ1n) is 8.48.